The normalized spacial score (nSPS) is 10.7. The van der Waals surface area contributed by atoms with E-state index in [9.17, 15) is 63.9 Å². The molecule has 0 aliphatic heterocycles. The maximum atomic E-state index is 12.3. The fraction of sp³-hybridized carbons (Fsp3) is 0.153. The van der Waals surface area contributed by atoms with Crippen LogP contribution in [0.4, 0.5) is 17.1 Å². The number of methoxy groups -OCH3 is 8. The Bertz CT molecular complexity index is 7270. The Morgan fingerprint density at radius 3 is 0.919 bits per heavy atom. The van der Waals surface area contributed by atoms with Crippen LogP contribution in [0.15, 0.2) is 334 Å². The molecule has 148 heavy (non-hydrogen) atoms. The first-order valence-electron chi connectivity index (χ1n) is 46.6. The third-order valence-electron chi connectivity index (χ3n) is 23.3. The third-order valence-corrected chi connectivity index (χ3v) is 23.3. The van der Waals surface area contributed by atoms with E-state index in [2.05, 4.69) is 0 Å². The Hall–Kier alpha value is -18.5. The van der Waals surface area contributed by atoms with E-state index in [0.29, 0.717) is 84.6 Å². The number of nitro benzene ring substituents is 3. The predicted octanol–water partition coefficient (Wildman–Crippen LogP) is 28.3. The van der Waals surface area contributed by atoms with Gasteiger partial charge in [-0.05, 0) is 322 Å². The van der Waals surface area contributed by atoms with Gasteiger partial charge >= 0.3 is 0 Å². The van der Waals surface area contributed by atoms with Crippen LogP contribution >= 0.6 is 0 Å². The molecule has 24 nitrogen and oxygen atoms in total. The second-order valence-corrected chi connectivity index (χ2v) is 33.4. The first-order chi connectivity index (χ1) is 70.9. The zero-order chi connectivity index (χ0) is 108. The summed E-state index contributed by atoms with van der Waals surface area (Å²) in [6.45, 7) is 21.4. The molecule has 0 atom stereocenters. The van der Waals surface area contributed by atoms with Crippen LogP contribution in [0.5, 0.6) is 46.0 Å². The molecule has 0 aromatic heterocycles. The van der Waals surface area contributed by atoms with Crippen molar-refractivity contribution in [3.63, 3.8) is 0 Å². The van der Waals surface area contributed by atoms with Crippen molar-refractivity contribution in [1.29, 1.82) is 0 Å². The van der Waals surface area contributed by atoms with Gasteiger partial charge < -0.3 is 37.9 Å². The highest BCUT2D eigenvalue weighted by Crippen LogP contribution is 2.33. The number of para-hydroxylation sites is 1. The average Bonchev–Trinajstić information content (AvgIpc) is 0.839. The lowest BCUT2D eigenvalue weighted by Gasteiger charge is -2.10. The van der Waals surface area contributed by atoms with Crippen LogP contribution in [-0.4, -0.2) is 112 Å². The zero-order valence-corrected chi connectivity index (χ0v) is 86.2. The Morgan fingerprint density at radius 2 is 0.541 bits per heavy atom. The average molecular weight is 1990 g/mol. The number of ketones is 7. The van der Waals surface area contributed by atoms with Gasteiger partial charge in [0.2, 0.25) is 0 Å². The van der Waals surface area contributed by atoms with Crippen molar-refractivity contribution in [2.45, 2.75) is 76.2 Å². The molecule has 0 radical (unpaired) electrons. The summed E-state index contributed by atoms with van der Waals surface area (Å²) in [6, 6.07) is 86.0. The fourth-order valence-electron chi connectivity index (χ4n) is 14.4. The molecule has 24 heteroatoms. The number of ether oxygens (including phenoxy) is 8. The molecule has 0 heterocycles. The van der Waals surface area contributed by atoms with Crippen molar-refractivity contribution in [3.05, 3.63) is 503 Å². The lowest BCUT2D eigenvalue weighted by Crippen LogP contribution is -2.02. The standard InChI is InChI=1S/C19H20O2.3C18H17NO4.C17H16O3.2C17H16O2/c1-13-7-5-6-8-16(13)9-10-18(20)17-11-14(2)15(3)19(12-17)21-4;1-12-10-15(11-18(23-3)13(12)2)17(20)9-6-14-4-7-16(8-5-14)19(21)22;1-12-9-15(11-18(23-3)13(12)2)17(20)8-7-14-5-4-6-16(10-14)19(21)22;1-12-10-15(11-18(23-3)13(12)2)17(20)9-8-14-6-4-5-7-16(14)19(21)22;1-19-15-9-6-10-16(20-2)17(15)14(18)12-11-13-7-4-3-5-8-13;1-13-8-10-15(12-17(13)19-2)16(18)11-9-14-6-4-3-5-7-14;1-13-10-15(12-16(11-13)19-2)17(18)9-8-14-6-4-3-5-7-14/h5-12H,1-4H3;3*4-11H,1-3H3;3-12H,1-2H3;2*3-12H,1-2H3/b10-9+;9-6+;8-7+;9-8+;12-11+;11-9+;9-8+. The molecule has 14 aromatic carbocycles. The van der Waals surface area contributed by atoms with Crippen LogP contribution < -0.4 is 37.9 Å². The van der Waals surface area contributed by atoms with Crippen molar-refractivity contribution in [2.75, 3.05) is 56.9 Å². The molecular formula is C124H119N3O21. The lowest BCUT2D eigenvalue weighted by molar-refractivity contribution is -0.385. The number of benzene rings is 14. The van der Waals surface area contributed by atoms with Gasteiger partial charge in [0.1, 0.15) is 51.6 Å². The first-order valence-corrected chi connectivity index (χ1v) is 46.6. The molecule has 0 aliphatic carbocycles. The third kappa shape index (κ3) is 35.0. The Balaban J connectivity index is 0.000000211. The van der Waals surface area contributed by atoms with Crippen LogP contribution in [0.3, 0.4) is 0 Å². The number of carbonyl (C=O) groups excluding carboxylic acids is 7. The van der Waals surface area contributed by atoms with E-state index < -0.39 is 14.8 Å². The molecular weight excluding hydrogens is 1870 g/mol. The Morgan fingerprint density at radius 1 is 0.223 bits per heavy atom. The highest BCUT2D eigenvalue weighted by Gasteiger charge is 2.20. The molecule has 0 N–H and O–H groups in total. The second kappa shape index (κ2) is 58.2. The van der Waals surface area contributed by atoms with Gasteiger partial charge in [0.25, 0.3) is 17.1 Å². The van der Waals surface area contributed by atoms with Crippen molar-refractivity contribution in [3.8, 4) is 46.0 Å². The van der Waals surface area contributed by atoms with Crippen molar-refractivity contribution in [2.24, 2.45) is 0 Å². The van der Waals surface area contributed by atoms with Crippen molar-refractivity contribution < 1.29 is 86.2 Å². The summed E-state index contributed by atoms with van der Waals surface area (Å²) in [4.78, 5) is 117. The van der Waals surface area contributed by atoms with Gasteiger partial charge in [0.05, 0.1) is 77.2 Å². The van der Waals surface area contributed by atoms with Gasteiger partial charge in [0.15, 0.2) is 40.5 Å². The topological polar surface area (TPSA) is 323 Å². The van der Waals surface area contributed by atoms with Crippen molar-refractivity contribution >= 4 is 100 Å². The highest BCUT2D eigenvalue weighted by atomic mass is 16.6. The number of non-ortho nitro benzene ring substituents is 2. The molecule has 0 bridgehead atoms. The van der Waals surface area contributed by atoms with Crippen molar-refractivity contribution in [1.82, 2.24) is 0 Å². The molecule has 0 spiro atoms. The van der Waals surface area contributed by atoms with E-state index in [1.165, 1.54) is 74.9 Å². The number of allylic oxidation sites excluding steroid dienone is 7. The number of hydrogen-bond acceptors (Lipinski definition) is 21. The van der Waals surface area contributed by atoms with E-state index in [4.69, 9.17) is 37.9 Å². The van der Waals surface area contributed by atoms with Crippen LogP contribution in [0.25, 0.3) is 42.5 Å². The molecule has 14 aromatic rings. The van der Waals surface area contributed by atoms with E-state index >= 15 is 0 Å². The maximum Gasteiger partial charge on any atom is 0.276 e. The van der Waals surface area contributed by atoms with Crippen LogP contribution in [0, 0.1) is 107 Å². The summed E-state index contributed by atoms with van der Waals surface area (Å²) in [5.74, 6) is 4.42. The van der Waals surface area contributed by atoms with E-state index in [1.54, 1.807) is 188 Å². The number of hydrogen-bond donors (Lipinski definition) is 0. The summed E-state index contributed by atoms with van der Waals surface area (Å²) in [5, 5.41) is 32.3. The smallest absolute Gasteiger partial charge is 0.276 e. The fourth-order valence-corrected chi connectivity index (χ4v) is 14.4. The molecule has 0 unspecified atom stereocenters. The largest absolute Gasteiger partial charge is 0.497 e. The minimum absolute atomic E-state index is 0.00699. The molecule has 0 amide bonds. The summed E-state index contributed by atoms with van der Waals surface area (Å²) >= 11 is 0. The number of rotatable bonds is 32. The number of nitro groups is 3. The minimum Gasteiger partial charge on any atom is -0.497 e. The highest BCUT2D eigenvalue weighted by molar-refractivity contribution is 6.12. The molecule has 0 fully saturated rings. The van der Waals surface area contributed by atoms with Gasteiger partial charge in [-0.15, -0.1) is 0 Å². The molecule has 0 saturated carbocycles. The SMILES string of the molecule is COc1cc(C(=O)/C=C/c2ccc([N+](=O)[O-])cc2)cc(C)c1C.COc1cc(C(=O)/C=C/c2cccc([N+](=O)[O-])c2)cc(C)c1C.COc1cc(C(=O)/C=C/c2ccccc2)ccc1C.COc1cc(C(=O)/C=C/c2ccccc2C)cc(C)c1C.COc1cc(C(=O)/C=C/c2ccccc2[N+](=O)[O-])cc(C)c1C.COc1cc(C)cc(C(=O)/C=C/c2ccccc2)c1.COc1cccc(OC)c1C(=O)/C=C/c1ccccc1. The van der Waals surface area contributed by atoms with Crippen LogP contribution in [-0.2, 0) is 0 Å². The minimum atomic E-state index is -0.469. The predicted molar refractivity (Wildman–Crippen MR) is 588 cm³/mol. The zero-order valence-electron chi connectivity index (χ0n) is 86.2. The van der Waals surface area contributed by atoms with Gasteiger partial charge in [-0.1, -0.05) is 194 Å². The monoisotopic (exact) mass is 1990 g/mol. The van der Waals surface area contributed by atoms with E-state index in [0.717, 1.165) is 101 Å². The maximum absolute atomic E-state index is 12.3. The lowest BCUT2D eigenvalue weighted by atomic mass is 10.0. The molecule has 756 valence electrons. The summed E-state index contributed by atoms with van der Waals surface area (Å²) < 4.78 is 42.0. The number of nitrogens with zero attached hydrogens (tertiary/aromatic N) is 3. The van der Waals surface area contributed by atoms with Gasteiger partial charge in [0, 0.05) is 63.7 Å². The molecule has 0 aliphatic rings. The Kier molecular flexibility index (Phi) is 45.2. The van der Waals surface area contributed by atoms with Gasteiger partial charge in [-0.3, -0.25) is 63.9 Å². The molecule has 0 saturated heterocycles. The summed E-state index contributed by atoms with van der Waals surface area (Å²) in [6.07, 6.45) is 22.4. The summed E-state index contributed by atoms with van der Waals surface area (Å²) in [5.41, 5.74) is 20.8. The Labute approximate surface area is 863 Å². The van der Waals surface area contributed by atoms with Crippen LogP contribution in [0.2, 0.25) is 0 Å². The second-order valence-electron chi connectivity index (χ2n) is 33.4. The number of carbonyl (C=O) groups is 7. The number of aryl methyl sites for hydroxylation is 7. The quantitative estimate of drug-likeness (QED) is 0.0164. The first kappa shape index (κ1) is 115. The molecule has 14 rings (SSSR count). The van der Waals surface area contributed by atoms with E-state index in [1.807, 2.05) is 246 Å². The van der Waals surface area contributed by atoms with E-state index in [-0.39, 0.29) is 57.5 Å². The van der Waals surface area contributed by atoms with Gasteiger partial charge in [-0.2, -0.15) is 0 Å². The summed E-state index contributed by atoms with van der Waals surface area (Å²) in [7, 11) is 12.6. The van der Waals surface area contributed by atoms with Crippen LogP contribution in [0.1, 0.15) is 173 Å². The van der Waals surface area contributed by atoms with Gasteiger partial charge in [-0.25, -0.2) is 0 Å².